The van der Waals surface area contributed by atoms with Crippen molar-refractivity contribution in [3.05, 3.63) is 57.8 Å². The fraction of sp³-hybridized carbons (Fsp3) is 0.294. The van der Waals surface area contributed by atoms with Gasteiger partial charge in [0.05, 0.1) is 17.3 Å². The summed E-state index contributed by atoms with van der Waals surface area (Å²) in [6, 6.07) is 6.98. The monoisotopic (exact) mass is 414 g/mol. The summed E-state index contributed by atoms with van der Waals surface area (Å²) >= 11 is 3.29. The van der Waals surface area contributed by atoms with E-state index in [1.165, 1.54) is 23.1 Å². The van der Waals surface area contributed by atoms with Crippen LogP contribution in [0.3, 0.4) is 0 Å². The first-order valence-corrected chi connectivity index (χ1v) is 8.35. The Balaban J connectivity index is 1.92. The predicted molar refractivity (Wildman–Crippen MR) is 88.2 cm³/mol. The fourth-order valence-corrected chi connectivity index (χ4v) is 3.25. The Hall–Kier alpha value is -2.09. The van der Waals surface area contributed by atoms with Crippen LogP contribution in [0, 0.1) is 0 Å². The first-order valence-electron chi connectivity index (χ1n) is 7.56. The number of halogens is 4. The van der Waals surface area contributed by atoms with Gasteiger partial charge in [-0.1, -0.05) is 18.2 Å². The standard InChI is InChI=1S/C17H14BrF3N2O2/c1-10(12-4-2-3-5-15(12)25-17(19,20)21)23-7-6-14-13(16(23)24)8-11(18)9-22-14/h2-5,8-10H,6-7H2,1H3. The number of ether oxygens (including phenoxy) is 1. The molecule has 2 heterocycles. The molecular formula is C17H14BrF3N2O2. The molecule has 0 fully saturated rings. The van der Waals surface area contributed by atoms with Gasteiger partial charge in [0.1, 0.15) is 5.75 Å². The molecule has 0 spiro atoms. The number of carbonyl (C=O) groups excluding carboxylic acids is 1. The molecule has 1 unspecified atom stereocenters. The normalized spacial score (nSPS) is 15.7. The number of pyridine rings is 1. The van der Waals surface area contributed by atoms with E-state index in [1.807, 2.05) is 0 Å². The Morgan fingerprint density at radius 2 is 2.04 bits per heavy atom. The molecule has 1 aromatic heterocycles. The zero-order chi connectivity index (χ0) is 18.2. The van der Waals surface area contributed by atoms with E-state index in [0.717, 1.165) is 0 Å². The average molecular weight is 415 g/mol. The lowest BCUT2D eigenvalue weighted by atomic mass is 9.99. The first kappa shape index (κ1) is 17.7. The lowest BCUT2D eigenvalue weighted by molar-refractivity contribution is -0.275. The van der Waals surface area contributed by atoms with E-state index in [0.29, 0.717) is 34.3 Å². The Labute approximate surface area is 150 Å². The van der Waals surface area contributed by atoms with Crippen molar-refractivity contribution >= 4 is 21.8 Å². The second-order valence-electron chi connectivity index (χ2n) is 5.66. The summed E-state index contributed by atoms with van der Waals surface area (Å²) in [4.78, 5) is 18.6. The van der Waals surface area contributed by atoms with Crippen LogP contribution in [0.5, 0.6) is 5.75 Å². The summed E-state index contributed by atoms with van der Waals surface area (Å²) in [7, 11) is 0. The van der Waals surface area contributed by atoms with E-state index in [-0.39, 0.29) is 11.7 Å². The van der Waals surface area contributed by atoms with Gasteiger partial charge < -0.3 is 9.64 Å². The number of hydrogen-bond donors (Lipinski definition) is 0. The first-order chi connectivity index (χ1) is 11.8. The molecule has 1 atom stereocenters. The summed E-state index contributed by atoms with van der Waals surface area (Å²) in [5.41, 5.74) is 1.46. The maximum atomic E-state index is 12.8. The molecule has 1 aliphatic heterocycles. The molecule has 0 aliphatic carbocycles. The SMILES string of the molecule is CC(c1ccccc1OC(F)(F)F)N1CCc2ncc(Br)cc2C1=O. The van der Waals surface area contributed by atoms with Gasteiger partial charge >= 0.3 is 6.36 Å². The van der Waals surface area contributed by atoms with E-state index in [2.05, 4.69) is 25.7 Å². The topological polar surface area (TPSA) is 42.4 Å². The van der Waals surface area contributed by atoms with Gasteiger partial charge in [0, 0.05) is 29.2 Å². The van der Waals surface area contributed by atoms with Crippen molar-refractivity contribution in [1.82, 2.24) is 9.88 Å². The van der Waals surface area contributed by atoms with Crippen LogP contribution in [0.25, 0.3) is 0 Å². The summed E-state index contributed by atoms with van der Waals surface area (Å²) < 4.78 is 42.7. The van der Waals surface area contributed by atoms with Gasteiger partial charge in [0.15, 0.2) is 0 Å². The third-order valence-electron chi connectivity index (χ3n) is 4.08. The highest BCUT2D eigenvalue weighted by molar-refractivity contribution is 9.10. The van der Waals surface area contributed by atoms with Crippen LogP contribution in [0.15, 0.2) is 41.0 Å². The van der Waals surface area contributed by atoms with E-state index in [4.69, 9.17) is 0 Å². The zero-order valence-corrected chi connectivity index (χ0v) is 14.8. The second-order valence-corrected chi connectivity index (χ2v) is 6.57. The number of carbonyl (C=O) groups is 1. The second kappa shape index (κ2) is 6.67. The maximum absolute atomic E-state index is 12.8. The molecule has 4 nitrogen and oxygen atoms in total. The lowest BCUT2D eigenvalue weighted by Crippen LogP contribution is -2.40. The van der Waals surface area contributed by atoms with Gasteiger partial charge in [-0.05, 0) is 35.0 Å². The number of fused-ring (bicyclic) bond motifs is 1. The van der Waals surface area contributed by atoms with E-state index >= 15 is 0 Å². The molecule has 132 valence electrons. The van der Waals surface area contributed by atoms with Gasteiger partial charge in [0.2, 0.25) is 0 Å². The summed E-state index contributed by atoms with van der Waals surface area (Å²) in [6.07, 6.45) is -2.62. The van der Waals surface area contributed by atoms with Gasteiger partial charge in [0.25, 0.3) is 5.91 Å². The van der Waals surface area contributed by atoms with Crippen LogP contribution in [0.2, 0.25) is 0 Å². The van der Waals surface area contributed by atoms with Gasteiger partial charge in [-0.25, -0.2) is 0 Å². The van der Waals surface area contributed by atoms with Crippen LogP contribution < -0.4 is 4.74 Å². The highest BCUT2D eigenvalue weighted by Gasteiger charge is 2.35. The van der Waals surface area contributed by atoms with Crippen molar-refractivity contribution in [3.8, 4) is 5.75 Å². The van der Waals surface area contributed by atoms with Crippen LogP contribution in [-0.4, -0.2) is 28.7 Å². The quantitative estimate of drug-likeness (QED) is 0.742. The van der Waals surface area contributed by atoms with Crippen molar-refractivity contribution in [1.29, 1.82) is 0 Å². The van der Waals surface area contributed by atoms with E-state index < -0.39 is 12.4 Å². The Morgan fingerprint density at radius 1 is 1.32 bits per heavy atom. The van der Waals surface area contributed by atoms with Gasteiger partial charge in [-0.2, -0.15) is 0 Å². The molecule has 3 rings (SSSR count). The number of aromatic nitrogens is 1. The molecule has 0 bridgehead atoms. The smallest absolute Gasteiger partial charge is 0.405 e. The van der Waals surface area contributed by atoms with Crippen LogP contribution in [0.4, 0.5) is 13.2 Å². The summed E-state index contributed by atoms with van der Waals surface area (Å²) in [5, 5.41) is 0. The van der Waals surface area contributed by atoms with Crippen molar-refractivity contribution < 1.29 is 22.7 Å². The molecule has 0 N–H and O–H groups in total. The van der Waals surface area contributed by atoms with Crippen LogP contribution >= 0.6 is 15.9 Å². The minimum atomic E-state index is -4.79. The molecule has 2 aromatic rings. The van der Waals surface area contributed by atoms with Crippen LogP contribution in [0.1, 0.15) is 34.6 Å². The highest BCUT2D eigenvalue weighted by atomic mass is 79.9. The van der Waals surface area contributed by atoms with Crippen molar-refractivity contribution in [2.24, 2.45) is 0 Å². The van der Waals surface area contributed by atoms with Gasteiger partial charge in [-0.15, -0.1) is 13.2 Å². The van der Waals surface area contributed by atoms with Crippen molar-refractivity contribution in [3.63, 3.8) is 0 Å². The number of alkyl halides is 3. The molecule has 0 saturated carbocycles. The zero-order valence-electron chi connectivity index (χ0n) is 13.2. The molecule has 1 aliphatic rings. The number of para-hydroxylation sites is 1. The Bertz CT molecular complexity index is 811. The molecule has 0 saturated heterocycles. The largest absolute Gasteiger partial charge is 0.573 e. The molecule has 0 radical (unpaired) electrons. The number of nitrogens with zero attached hydrogens (tertiary/aromatic N) is 2. The molecular weight excluding hydrogens is 401 g/mol. The minimum absolute atomic E-state index is 0.260. The van der Waals surface area contributed by atoms with E-state index in [1.54, 1.807) is 25.3 Å². The van der Waals surface area contributed by atoms with Crippen molar-refractivity contribution in [2.45, 2.75) is 25.7 Å². The lowest BCUT2D eigenvalue weighted by Gasteiger charge is -2.34. The molecule has 1 amide bonds. The van der Waals surface area contributed by atoms with Crippen LogP contribution in [-0.2, 0) is 6.42 Å². The number of amides is 1. The number of benzene rings is 1. The summed E-state index contributed by atoms with van der Waals surface area (Å²) in [6.45, 7) is 2.06. The summed E-state index contributed by atoms with van der Waals surface area (Å²) in [5.74, 6) is -0.558. The molecule has 8 heteroatoms. The number of hydrogen-bond acceptors (Lipinski definition) is 3. The molecule has 1 aromatic carbocycles. The highest BCUT2D eigenvalue weighted by Crippen LogP contribution is 2.35. The third kappa shape index (κ3) is 3.78. The minimum Gasteiger partial charge on any atom is -0.405 e. The molecule has 25 heavy (non-hydrogen) atoms. The van der Waals surface area contributed by atoms with Gasteiger partial charge in [-0.3, -0.25) is 9.78 Å². The third-order valence-corrected chi connectivity index (χ3v) is 4.51. The fourth-order valence-electron chi connectivity index (χ4n) is 2.92. The van der Waals surface area contributed by atoms with Crippen molar-refractivity contribution in [2.75, 3.05) is 6.54 Å². The Kier molecular flexibility index (Phi) is 4.73. The van der Waals surface area contributed by atoms with E-state index in [9.17, 15) is 18.0 Å². The predicted octanol–water partition coefficient (Wildman–Crippen LogP) is 4.50. The Morgan fingerprint density at radius 3 is 2.76 bits per heavy atom. The number of rotatable bonds is 3. The maximum Gasteiger partial charge on any atom is 0.573 e. The average Bonchev–Trinajstić information content (AvgIpc) is 2.54.